The second-order valence-corrected chi connectivity index (χ2v) is 4.01. The summed E-state index contributed by atoms with van der Waals surface area (Å²) in [5, 5.41) is 8.35. The molecule has 0 aliphatic rings. The smallest absolute Gasteiger partial charge is 0.323 e. The van der Waals surface area contributed by atoms with Crippen molar-refractivity contribution < 1.29 is 19.5 Å². The fourth-order valence-corrected chi connectivity index (χ4v) is 1.33. The number of carboxylic acids is 1. The molecular weight excluding hydrogens is 206 g/mol. The monoisotopic (exact) mass is 219 g/mol. The highest BCUT2D eigenvalue weighted by molar-refractivity contribution is 8.13. The minimum Gasteiger partial charge on any atom is -0.480 e. The lowest BCUT2D eigenvalue weighted by Gasteiger charge is -2.13. The van der Waals surface area contributed by atoms with Gasteiger partial charge in [-0.2, -0.15) is 0 Å². The van der Waals surface area contributed by atoms with Gasteiger partial charge >= 0.3 is 5.97 Å². The molecule has 0 fully saturated rings. The van der Waals surface area contributed by atoms with Crippen molar-refractivity contribution in [3.63, 3.8) is 0 Å². The summed E-state index contributed by atoms with van der Waals surface area (Å²) in [4.78, 5) is 33.1. The van der Waals surface area contributed by atoms with E-state index in [4.69, 9.17) is 5.11 Å². The van der Waals surface area contributed by atoms with Crippen LogP contribution in [0.4, 0.5) is 0 Å². The van der Waals surface area contributed by atoms with Gasteiger partial charge in [0.05, 0.1) is 0 Å². The van der Waals surface area contributed by atoms with E-state index in [9.17, 15) is 14.4 Å². The molecule has 1 amide bonds. The summed E-state index contributed by atoms with van der Waals surface area (Å²) >= 11 is 1.06. The number of carbonyl (C=O) groups excluding carboxylic acids is 2. The van der Waals surface area contributed by atoms with Crippen molar-refractivity contribution in [3.8, 4) is 0 Å². The van der Waals surface area contributed by atoms with E-state index < -0.39 is 5.97 Å². The SMILES string of the molecule is CC(=O)SCCC(=O)N(C)CC(=O)O. The molecule has 80 valence electrons. The summed E-state index contributed by atoms with van der Waals surface area (Å²) in [7, 11) is 1.43. The Bertz CT molecular complexity index is 241. The fourth-order valence-electron chi connectivity index (χ4n) is 0.764. The van der Waals surface area contributed by atoms with Gasteiger partial charge < -0.3 is 10.0 Å². The molecular formula is C8H13NO4S. The van der Waals surface area contributed by atoms with Crippen LogP contribution in [0.15, 0.2) is 0 Å². The summed E-state index contributed by atoms with van der Waals surface area (Å²) in [6.07, 6.45) is 0.189. The van der Waals surface area contributed by atoms with Crippen molar-refractivity contribution in [2.75, 3.05) is 19.3 Å². The molecule has 14 heavy (non-hydrogen) atoms. The molecule has 0 aliphatic carbocycles. The number of carboxylic acid groups (broad SMARTS) is 1. The van der Waals surface area contributed by atoms with Crippen LogP contribution >= 0.6 is 11.8 Å². The minimum atomic E-state index is -1.04. The normalized spacial score (nSPS) is 9.57. The van der Waals surface area contributed by atoms with E-state index in [1.54, 1.807) is 0 Å². The van der Waals surface area contributed by atoms with Crippen LogP contribution in [0, 0.1) is 0 Å². The van der Waals surface area contributed by atoms with Gasteiger partial charge in [-0.25, -0.2) is 0 Å². The molecule has 1 N–H and O–H groups in total. The van der Waals surface area contributed by atoms with Crippen LogP contribution in [-0.2, 0) is 14.4 Å². The Kier molecular flexibility index (Phi) is 5.94. The molecule has 0 unspecified atom stereocenters. The van der Waals surface area contributed by atoms with Gasteiger partial charge in [0, 0.05) is 26.1 Å². The van der Waals surface area contributed by atoms with Gasteiger partial charge in [-0.05, 0) is 0 Å². The molecule has 0 heterocycles. The van der Waals surface area contributed by atoms with Crippen LogP contribution in [0.5, 0.6) is 0 Å². The van der Waals surface area contributed by atoms with Crippen LogP contribution < -0.4 is 0 Å². The van der Waals surface area contributed by atoms with Gasteiger partial charge in [0.2, 0.25) is 5.91 Å². The maximum Gasteiger partial charge on any atom is 0.323 e. The Morgan fingerprint density at radius 2 is 1.93 bits per heavy atom. The largest absolute Gasteiger partial charge is 0.480 e. The summed E-state index contributed by atoms with van der Waals surface area (Å²) < 4.78 is 0. The molecule has 0 atom stereocenters. The van der Waals surface area contributed by atoms with Crippen molar-refractivity contribution in [3.05, 3.63) is 0 Å². The predicted octanol–water partition coefficient (Wildman–Crippen LogP) is 0.199. The second-order valence-electron chi connectivity index (χ2n) is 2.73. The highest BCUT2D eigenvalue weighted by Crippen LogP contribution is 2.04. The molecule has 6 heteroatoms. The summed E-state index contributed by atoms with van der Waals surface area (Å²) in [5.74, 6) is -0.904. The molecule has 0 bridgehead atoms. The van der Waals surface area contributed by atoms with E-state index in [1.165, 1.54) is 14.0 Å². The van der Waals surface area contributed by atoms with Crippen LogP contribution in [0.3, 0.4) is 0 Å². The third kappa shape index (κ3) is 6.47. The molecule has 0 spiro atoms. The number of thioether (sulfide) groups is 1. The van der Waals surface area contributed by atoms with Crippen LogP contribution in [0.25, 0.3) is 0 Å². The van der Waals surface area contributed by atoms with E-state index in [-0.39, 0.29) is 24.0 Å². The number of carbonyl (C=O) groups is 3. The zero-order valence-electron chi connectivity index (χ0n) is 8.15. The van der Waals surface area contributed by atoms with Crippen LogP contribution in [0.2, 0.25) is 0 Å². The van der Waals surface area contributed by atoms with Gasteiger partial charge in [-0.15, -0.1) is 0 Å². The average molecular weight is 219 g/mol. The first kappa shape index (κ1) is 13.0. The maximum atomic E-state index is 11.2. The third-order valence-corrected chi connectivity index (χ3v) is 2.23. The van der Waals surface area contributed by atoms with Gasteiger partial charge in [0.25, 0.3) is 0 Å². The third-order valence-electron chi connectivity index (χ3n) is 1.42. The Balaban J connectivity index is 3.73. The zero-order chi connectivity index (χ0) is 11.1. The molecule has 0 aliphatic heterocycles. The predicted molar refractivity (Wildman–Crippen MR) is 53.0 cm³/mol. The fraction of sp³-hybridized carbons (Fsp3) is 0.625. The molecule has 0 rings (SSSR count). The topological polar surface area (TPSA) is 74.7 Å². The van der Waals surface area contributed by atoms with Gasteiger partial charge in [0.1, 0.15) is 6.54 Å². The minimum absolute atomic E-state index is 0.0429. The summed E-state index contributed by atoms with van der Waals surface area (Å²) in [6, 6.07) is 0. The molecule has 0 saturated carbocycles. The van der Waals surface area contributed by atoms with Crippen molar-refractivity contribution in [2.24, 2.45) is 0 Å². The highest BCUT2D eigenvalue weighted by Gasteiger charge is 2.11. The first-order valence-electron chi connectivity index (χ1n) is 4.02. The molecule has 0 radical (unpaired) electrons. The number of rotatable bonds is 5. The lowest BCUT2D eigenvalue weighted by Crippen LogP contribution is -2.32. The van der Waals surface area contributed by atoms with Crippen molar-refractivity contribution in [1.82, 2.24) is 4.90 Å². The van der Waals surface area contributed by atoms with Crippen molar-refractivity contribution in [1.29, 1.82) is 0 Å². The first-order chi connectivity index (χ1) is 6.43. The number of aliphatic carboxylic acids is 1. The Morgan fingerprint density at radius 3 is 2.36 bits per heavy atom. The standard InChI is InChI=1S/C8H13NO4S/c1-6(10)14-4-3-7(11)9(2)5-8(12)13/h3-5H2,1-2H3,(H,12,13). The molecule has 0 aromatic rings. The summed E-state index contributed by atoms with van der Waals surface area (Å²) in [5.41, 5.74) is 0. The van der Waals surface area contributed by atoms with E-state index in [0.717, 1.165) is 16.7 Å². The quantitative estimate of drug-likeness (QED) is 0.715. The Labute approximate surface area is 86.5 Å². The first-order valence-corrected chi connectivity index (χ1v) is 5.01. The van der Waals surface area contributed by atoms with E-state index in [2.05, 4.69) is 0 Å². The number of nitrogens with zero attached hydrogens (tertiary/aromatic N) is 1. The molecule has 0 aromatic carbocycles. The highest BCUT2D eigenvalue weighted by atomic mass is 32.2. The van der Waals surface area contributed by atoms with Crippen LogP contribution in [-0.4, -0.2) is 46.3 Å². The maximum absolute atomic E-state index is 11.2. The van der Waals surface area contributed by atoms with E-state index in [0.29, 0.717) is 5.75 Å². The Morgan fingerprint density at radius 1 is 1.36 bits per heavy atom. The zero-order valence-corrected chi connectivity index (χ0v) is 8.97. The number of hydrogen-bond donors (Lipinski definition) is 1. The lowest BCUT2D eigenvalue weighted by atomic mass is 10.4. The summed E-state index contributed by atoms with van der Waals surface area (Å²) in [6.45, 7) is 1.12. The van der Waals surface area contributed by atoms with Crippen LogP contribution in [0.1, 0.15) is 13.3 Å². The van der Waals surface area contributed by atoms with E-state index in [1.807, 2.05) is 0 Å². The average Bonchev–Trinajstić information content (AvgIpc) is 2.01. The van der Waals surface area contributed by atoms with Crippen molar-refractivity contribution >= 4 is 28.8 Å². The number of amides is 1. The lowest BCUT2D eigenvalue weighted by molar-refractivity contribution is -0.143. The van der Waals surface area contributed by atoms with Gasteiger partial charge in [0.15, 0.2) is 5.12 Å². The second kappa shape index (κ2) is 6.42. The van der Waals surface area contributed by atoms with Crippen molar-refractivity contribution in [2.45, 2.75) is 13.3 Å². The molecule has 5 nitrogen and oxygen atoms in total. The molecule has 0 saturated heterocycles. The van der Waals surface area contributed by atoms with E-state index >= 15 is 0 Å². The molecule has 0 aromatic heterocycles. The van der Waals surface area contributed by atoms with Gasteiger partial charge in [-0.1, -0.05) is 11.8 Å². The number of likely N-dealkylation sites (N-methyl/N-ethyl adjacent to an activating group) is 1. The van der Waals surface area contributed by atoms with Gasteiger partial charge in [-0.3, -0.25) is 14.4 Å². The Hall–Kier alpha value is -1.04. The number of hydrogen-bond acceptors (Lipinski definition) is 4.